The molecule has 0 amide bonds. The van der Waals surface area contributed by atoms with E-state index in [2.05, 4.69) is 4.98 Å². The minimum Gasteiger partial charge on any atom is -0.262 e. The zero-order valence-electron chi connectivity index (χ0n) is 13.2. The van der Waals surface area contributed by atoms with Gasteiger partial charge in [0.1, 0.15) is 12.1 Å². The van der Waals surface area contributed by atoms with E-state index in [1.807, 2.05) is 6.07 Å². The predicted molar refractivity (Wildman–Crippen MR) is 87.2 cm³/mol. The monoisotopic (exact) mass is 351 g/mol. The van der Waals surface area contributed by atoms with Crippen molar-refractivity contribution in [2.24, 2.45) is 0 Å². The molecule has 0 aliphatic carbocycles. The van der Waals surface area contributed by atoms with Crippen LogP contribution in [0.5, 0.6) is 0 Å². The van der Waals surface area contributed by atoms with E-state index in [4.69, 9.17) is 5.26 Å². The van der Waals surface area contributed by atoms with Crippen LogP contribution in [0, 0.1) is 18.3 Å². The summed E-state index contributed by atoms with van der Waals surface area (Å²) in [6, 6.07) is 8.16. The molecule has 0 bridgehead atoms. The fourth-order valence-electron chi connectivity index (χ4n) is 2.32. The van der Waals surface area contributed by atoms with Crippen molar-refractivity contribution in [2.75, 3.05) is 6.54 Å². The van der Waals surface area contributed by atoms with Crippen molar-refractivity contribution in [2.45, 2.75) is 31.0 Å². The maximum atomic E-state index is 13.7. The molecule has 2 aromatic rings. The molecular weight excluding hydrogens is 335 g/mol. The Bertz CT molecular complexity index is 740. The second-order valence-electron chi connectivity index (χ2n) is 5.20. The van der Waals surface area contributed by atoms with Crippen LogP contribution in [0.1, 0.15) is 29.7 Å². The summed E-state index contributed by atoms with van der Waals surface area (Å²) < 4.78 is 42.4. The van der Waals surface area contributed by atoms with E-state index in [9.17, 15) is 13.2 Å². The highest BCUT2D eigenvalue weighted by molar-refractivity contribution is 7.97. The summed E-state index contributed by atoms with van der Waals surface area (Å²) in [7, 11) is 0. The van der Waals surface area contributed by atoms with Crippen LogP contribution in [0.25, 0.3) is 0 Å². The van der Waals surface area contributed by atoms with E-state index >= 15 is 0 Å². The predicted octanol–water partition coefficient (Wildman–Crippen LogP) is 4.89. The van der Waals surface area contributed by atoms with Crippen LogP contribution in [0.2, 0.25) is 0 Å². The second kappa shape index (κ2) is 7.69. The first-order valence-corrected chi connectivity index (χ1v) is 8.05. The number of alkyl halides is 3. The molecule has 0 spiro atoms. The summed E-state index contributed by atoms with van der Waals surface area (Å²) in [6.07, 6.45) is -1.59. The van der Waals surface area contributed by atoms with Crippen molar-refractivity contribution >= 4 is 11.9 Å². The molecular formula is C17H16F3N3S. The van der Waals surface area contributed by atoms with Crippen molar-refractivity contribution in [3.63, 3.8) is 0 Å². The molecule has 0 aliphatic heterocycles. The lowest BCUT2D eigenvalue weighted by molar-refractivity contribution is -0.172. The molecule has 0 saturated heterocycles. The number of aryl methyl sites for hydroxylation is 1. The zero-order valence-corrected chi connectivity index (χ0v) is 14.0. The van der Waals surface area contributed by atoms with Gasteiger partial charge in [0.25, 0.3) is 0 Å². The van der Waals surface area contributed by atoms with Gasteiger partial charge in [-0.2, -0.15) is 18.4 Å². The van der Waals surface area contributed by atoms with Gasteiger partial charge in [-0.3, -0.25) is 4.98 Å². The minimum atomic E-state index is -4.42. The topological polar surface area (TPSA) is 39.9 Å². The Hall–Kier alpha value is -2.04. The van der Waals surface area contributed by atoms with Crippen molar-refractivity contribution in [1.29, 1.82) is 5.26 Å². The number of hydrogen-bond acceptors (Lipinski definition) is 4. The molecule has 126 valence electrons. The lowest BCUT2D eigenvalue weighted by atomic mass is 10.0. The summed E-state index contributed by atoms with van der Waals surface area (Å²) >= 11 is 0.954. The third-order valence-corrected chi connectivity index (χ3v) is 4.47. The fourth-order valence-corrected chi connectivity index (χ4v) is 3.36. The molecule has 0 saturated carbocycles. The van der Waals surface area contributed by atoms with E-state index in [0.717, 1.165) is 17.5 Å². The molecule has 1 atom stereocenters. The fraction of sp³-hybridized carbons (Fsp3) is 0.294. The molecule has 7 heteroatoms. The lowest BCUT2D eigenvalue weighted by Gasteiger charge is -2.31. The highest BCUT2D eigenvalue weighted by Crippen LogP contribution is 2.42. The van der Waals surface area contributed by atoms with Gasteiger partial charge in [-0.1, -0.05) is 36.8 Å². The highest BCUT2D eigenvalue weighted by Gasteiger charge is 2.44. The van der Waals surface area contributed by atoms with E-state index < -0.39 is 12.2 Å². The van der Waals surface area contributed by atoms with Crippen LogP contribution in [-0.2, 0) is 0 Å². The van der Waals surface area contributed by atoms with Gasteiger partial charge in [-0.25, -0.2) is 4.31 Å². The van der Waals surface area contributed by atoms with Gasteiger partial charge in [0.05, 0.1) is 5.56 Å². The molecule has 1 unspecified atom stereocenters. The molecule has 24 heavy (non-hydrogen) atoms. The number of benzene rings is 1. The summed E-state index contributed by atoms with van der Waals surface area (Å²) in [4.78, 5) is 4.40. The average molecular weight is 351 g/mol. The Morgan fingerprint density at radius 2 is 2.04 bits per heavy atom. The lowest BCUT2D eigenvalue weighted by Crippen LogP contribution is -2.34. The second-order valence-corrected chi connectivity index (χ2v) is 6.33. The number of halogens is 3. The Morgan fingerprint density at radius 1 is 1.29 bits per heavy atom. The SMILES string of the molecule is CCN(Sc1cncc(C#N)c1)C(c1cccc(C)c1)C(F)(F)F. The summed E-state index contributed by atoms with van der Waals surface area (Å²) in [6.45, 7) is 3.61. The maximum Gasteiger partial charge on any atom is 0.408 e. The van der Waals surface area contributed by atoms with Crippen LogP contribution in [0.4, 0.5) is 13.2 Å². The van der Waals surface area contributed by atoms with Gasteiger partial charge in [0.2, 0.25) is 0 Å². The quantitative estimate of drug-likeness (QED) is 0.719. The molecule has 2 rings (SSSR count). The number of aromatic nitrogens is 1. The van der Waals surface area contributed by atoms with Crippen LogP contribution in [0.3, 0.4) is 0 Å². The molecule has 0 radical (unpaired) electrons. The Kier molecular flexibility index (Phi) is 5.86. The van der Waals surface area contributed by atoms with Crippen LogP contribution >= 0.6 is 11.9 Å². The van der Waals surface area contributed by atoms with Crippen LogP contribution in [-0.4, -0.2) is 22.0 Å². The number of nitriles is 1. The van der Waals surface area contributed by atoms with Gasteiger partial charge in [-0.05, 0) is 30.5 Å². The number of pyridine rings is 1. The van der Waals surface area contributed by atoms with Gasteiger partial charge in [-0.15, -0.1) is 0 Å². The number of nitrogens with zero attached hydrogens (tertiary/aromatic N) is 3. The van der Waals surface area contributed by atoms with E-state index in [1.54, 1.807) is 32.0 Å². The molecule has 3 nitrogen and oxygen atoms in total. The van der Waals surface area contributed by atoms with Crippen molar-refractivity contribution < 1.29 is 13.2 Å². The largest absolute Gasteiger partial charge is 0.408 e. The molecule has 1 heterocycles. The molecule has 0 aliphatic rings. The van der Waals surface area contributed by atoms with Gasteiger partial charge >= 0.3 is 6.18 Å². The first-order chi connectivity index (χ1) is 11.3. The maximum absolute atomic E-state index is 13.7. The Balaban J connectivity index is 2.37. The molecule has 0 fully saturated rings. The van der Waals surface area contributed by atoms with Crippen molar-refractivity contribution in [3.8, 4) is 6.07 Å². The Labute approximate surface area is 143 Å². The molecule has 1 aromatic carbocycles. The normalized spacial score (nSPS) is 12.9. The van der Waals surface area contributed by atoms with E-state index in [0.29, 0.717) is 10.5 Å². The molecule has 0 N–H and O–H groups in total. The minimum absolute atomic E-state index is 0.180. The number of rotatable bonds is 5. The van der Waals surface area contributed by atoms with Crippen molar-refractivity contribution in [3.05, 3.63) is 59.4 Å². The average Bonchev–Trinajstić information content (AvgIpc) is 2.53. The third-order valence-electron chi connectivity index (χ3n) is 3.33. The number of hydrogen-bond donors (Lipinski definition) is 0. The summed E-state index contributed by atoms with van der Waals surface area (Å²) in [5.74, 6) is 0. The van der Waals surface area contributed by atoms with Crippen molar-refractivity contribution in [1.82, 2.24) is 9.29 Å². The first kappa shape index (κ1) is 18.3. The van der Waals surface area contributed by atoms with Gasteiger partial charge in [0, 0.05) is 23.8 Å². The Morgan fingerprint density at radius 3 is 2.62 bits per heavy atom. The summed E-state index contributed by atoms with van der Waals surface area (Å²) in [5.41, 5.74) is 1.28. The summed E-state index contributed by atoms with van der Waals surface area (Å²) in [5, 5.41) is 8.91. The van der Waals surface area contributed by atoms with Gasteiger partial charge < -0.3 is 0 Å². The smallest absolute Gasteiger partial charge is 0.262 e. The first-order valence-electron chi connectivity index (χ1n) is 7.28. The standard InChI is InChI=1S/C17H16F3N3S/c1-3-23(24-15-8-13(9-21)10-22-11-15)16(17(18,19)20)14-6-4-5-12(2)7-14/h4-8,10-11,16H,3H2,1-2H3. The van der Waals surface area contributed by atoms with E-state index in [-0.39, 0.29) is 12.1 Å². The zero-order chi connectivity index (χ0) is 17.7. The third kappa shape index (κ3) is 4.49. The van der Waals surface area contributed by atoms with E-state index in [1.165, 1.54) is 28.8 Å². The van der Waals surface area contributed by atoms with Crippen LogP contribution in [0.15, 0.2) is 47.6 Å². The highest BCUT2D eigenvalue weighted by atomic mass is 32.2. The molecule has 1 aromatic heterocycles. The van der Waals surface area contributed by atoms with Crippen LogP contribution < -0.4 is 0 Å². The van der Waals surface area contributed by atoms with Gasteiger partial charge in [0.15, 0.2) is 0 Å².